The zero-order valence-electron chi connectivity index (χ0n) is 20.3. The fraction of sp³-hybridized carbons (Fsp3) is 0.233. The largest absolute Gasteiger partial charge is 0.465 e. The lowest BCUT2D eigenvalue weighted by molar-refractivity contribution is -0.165. The van der Waals surface area contributed by atoms with Gasteiger partial charge in [-0.25, -0.2) is 0 Å². The highest BCUT2D eigenvalue weighted by Gasteiger charge is 2.56. The molecule has 3 aromatic carbocycles. The first-order valence-electron chi connectivity index (χ1n) is 12.2. The fourth-order valence-corrected chi connectivity index (χ4v) is 4.92. The molecular formula is C30H27NO5. The Labute approximate surface area is 209 Å². The highest BCUT2D eigenvalue weighted by atomic mass is 16.6. The molecule has 182 valence electrons. The predicted octanol–water partition coefficient (Wildman–Crippen LogP) is 6.00. The Morgan fingerprint density at radius 1 is 0.833 bits per heavy atom. The average molecular weight is 482 g/mol. The molecule has 1 aromatic heterocycles. The Hall–Kier alpha value is -4.19. The lowest BCUT2D eigenvalue weighted by Crippen LogP contribution is -2.45. The maximum Gasteiger partial charge on any atom is 0.329 e. The number of nitrogens with zero attached hydrogens (tertiary/aromatic N) is 1. The van der Waals surface area contributed by atoms with Gasteiger partial charge in [-0.05, 0) is 73.7 Å². The van der Waals surface area contributed by atoms with E-state index in [2.05, 4.69) is 0 Å². The number of benzene rings is 3. The molecular weight excluding hydrogens is 454 g/mol. The van der Waals surface area contributed by atoms with Gasteiger partial charge in [0.2, 0.25) is 5.41 Å². The molecule has 6 heteroatoms. The van der Waals surface area contributed by atoms with Crippen molar-refractivity contribution < 1.29 is 23.8 Å². The van der Waals surface area contributed by atoms with Gasteiger partial charge in [0.05, 0.1) is 24.4 Å². The van der Waals surface area contributed by atoms with E-state index in [9.17, 15) is 9.59 Å². The maximum absolute atomic E-state index is 13.3. The second-order valence-electron chi connectivity index (χ2n) is 8.62. The molecule has 1 heterocycles. The van der Waals surface area contributed by atoms with E-state index in [1.807, 2.05) is 78.9 Å². The van der Waals surface area contributed by atoms with Crippen LogP contribution in [0, 0.1) is 0 Å². The summed E-state index contributed by atoms with van der Waals surface area (Å²) in [7, 11) is 0. The second kappa shape index (κ2) is 9.82. The first kappa shape index (κ1) is 23.5. The first-order valence-corrected chi connectivity index (χ1v) is 12.2. The number of esters is 2. The van der Waals surface area contributed by atoms with Crippen LogP contribution < -0.4 is 4.74 Å². The van der Waals surface area contributed by atoms with Crippen LogP contribution in [0.15, 0.2) is 78.9 Å². The summed E-state index contributed by atoms with van der Waals surface area (Å²) in [6, 6.07) is 25.2. The van der Waals surface area contributed by atoms with Gasteiger partial charge in [0.25, 0.3) is 0 Å². The highest BCUT2D eigenvalue weighted by Crippen LogP contribution is 2.47. The standard InChI is InChI=1S/C30H27NO5/c1-3-34-28(32)30(29(33)35-4-2)18-17-23-26(20-11-7-5-8-12-20)24-19-22(15-16-25(24)31-27(23)30)36-21-13-9-6-10-14-21/h5-16,19H,3-4,17-18H2,1-2H3. The molecule has 0 saturated heterocycles. The van der Waals surface area contributed by atoms with E-state index in [-0.39, 0.29) is 19.6 Å². The van der Waals surface area contributed by atoms with Crippen molar-refractivity contribution in [2.75, 3.05) is 13.2 Å². The molecule has 0 aliphatic heterocycles. The highest BCUT2D eigenvalue weighted by molar-refractivity contribution is 6.09. The summed E-state index contributed by atoms with van der Waals surface area (Å²) >= 11 is 0. The molecule has 0 atom stereocenters. The maximum atomic E-state index is 13.3. The molecule has 6 nitrogen and oxygen atoms in total. The van der Waals surface area contributed by atoms with Crippen molar-refractivity contribution in [3.63, 3.8) is 0 Å². The van der Waals surface area contributed by atoms with Crippen molar-refractivity contribution >= 4 is 22.8 Å². The summed E-state index contributed by atoms with van der Waals surface area (Å²) in [6.45, 7) is 3.78. The van der Waals surface area contributed by atoms with Gasteiger partial charge < -0.3 is 14.2 Å². The Morgan fingerprint density at radius 2 is 1.47 bits per heavy atom. The molecule has 0 radical (unpaired) electrons. The van der Waals surface area contributed by atoms with Crippen molar-refractivity contribution in [3.05, 3.63) is 90.1 Å². The summed E-state index contributed by atoms with van der Waals surface area (Å²) in [5.41, 5.74) is 2.26. The SMILES string of the molecule is CCOC(=O)C1(C(=O)OCC)CCc2c1nc1ccc(Oc3ccccc3)cc1c2-c1ccccc1. The molecule has 0 amide bonds. The van der Waals surface area contributed by atoms with Crippen LogP contribution in [0.3, 0.4) is 0 Å². The van der Waals surface area contributed by atoms with Crippen molar-refractivity contribution in [2.45, 2.75) is 32.1 Å². The Kier molecular flexibility index (Phi) is 6.42. The van der Waals surface area contributed by atoms with E-state index in [4.69, 9.17) is 19.2 Å². The Morgan fingerprint density at radius 3 is 2.11 bits per heavy atom. The molecule has 1 aliphatic carbocycles. The number of carbonyl (C=O) groups is 2. The van der Waals surface area contributed by atoms with E-state index in [0.717, 1.165) is 27.8 Å². The van der Waals surface area contributed by atoms with E-state index < -0.39 is 17.4 Å². The molecule has 0 N–H and O–H groups in total. The van der Waals surface area contributed by atoms with Gasteiger partial charge in [-0.1, -0.05) is 48.5 Å². The van der Waals surface area contributed by atoms with Gasteiger partial charge >= 0.3 is 11.9 Å². The number of carbonyl (C=O) groups excluding carboxylic acids is 2. The summed E-state index contributed by atoms with van der Waals surface area (Å²) in [4.78, 5) is 31.5. The topological polar surface area (TPSA) is 74.7 Å². The molecule has 36 heavy (non-hydrogen) atoms. The minimum Gasteiger partial charge on any atom is -0.465 e. The van der Waals surface area contributed by atoms with Crippen LogP contribution in [-0.2, 0) is 30.9 Å². The van der Waals surface area contributed by atoms with Crippen molar-refractivity contribution in [1.82, 2.24) is 4.98 Å². The monoisotopic (exact) mass is 481 g/mol. The average Bonchev–Trinajstić information content (AvgIpc) is 3.29. The Bertz CT molecular complexity index is 1400. The number of pyridine rings is 1. The van der Waals surface area contributed by atoms with Crippen molar-refractivity contribution in [3.8, 4) is 22.6 Å². The van der Waals surface area contributed by atoms with Crippen LogP contribution in [-0.4, -0.2) is 30.1 Å². The molecule has 1 aliphatic rings. The van der Waals surface area contributed by atoms with Gasteiger partial charge in [-0.15, -0.1) is 0 Å². The fourth-order valence-electron chi connectivity index (χ4n) is 4.92. The predicted molar refractivity (Wildman–Crippen MR) is 137 cm³/mol. The minimum absolute atomic E-state index is 0.161. The molecule has 4 aromatic rings. The van der Waals surface area contributed by atoms with Gasteiger partial charge in [-0.2, -0.15) is 0 Å². The van der Waals surface area contributed by atoms with E-state index in [1.54, 1.807) is 13.8 Å². The number of hydrogen-bond acceptors (Lipinski definition) is 6. The minimum atomic E-state index is -1.59. The van der Waals surface area contributed by atoms with E-state index in [1.165, 1.54) is 0 Å². The van der Waals surface area contributed by atoms with Gasteiger partial charge in [0, 0.05) is 5.39 Å². The molecule has 0 saturated carbocycles. The smallest absolute Gasteiger partial charge is 0.329 e. The first-order chi connectivity index (χ1) is 17.6. The van der Waals surface area contributed by atoms with E-state index in [0.29, 0.717) is 23.4 Å². The zero-order valence-corrected chi connectivity index (χ0v) is 20.3. The lowest BCUT2D eigenvalue weighted by atomic mass is 9.84. The molecule has 5 rings (SSSR count). The third-order valence-corrected chi connectivity index (χ3v) is 6.50. The van der Waals surface area contributed by atoms with E-state index >= 15 is 0 Å². The number of hydrogen-bond donors (Lipinski definition) is 0. The van der Waals surface area contributed by atoms with Crippen LogP contribution in [0.4, 0.5) is 0 Å². The van der Waals surface area contributed by atoms with Gasteiger partial charge in [-0.3, -0.25) is 14.6 Å². The summed E-state index contributed by atoms with van der Waals surface area (Å²) in [6.07, 6.45) is 0.737. The van der Waals surface area contributed by atoms with Crippen molar-refractivity contribution in [2.24, 2.45) is 0 Å². The lowest BCUT2D eigenvalue weighted by Gasteiger charge is -2.25. The van der Waals surface area contributed by atoms with Crippen LogP contribution in [0.5, 0.6) is 11.5 Å². The summed E-state index contributed by atoms with van der Waals surface area (Å²) in [5.74, 6) is 0.178. The number of fused-ring (bicyclic) bond motifs is 2. The van der Waals surface area contributed by atoms with Crippen LogP contribution in [0.25, 0.3) is 22.0 Å². The van der Waals surface area contributed by atoms with Crippen LogP contribution in [0.2, 0.25) is 0 Å². The molecule has 0 spiro atoms. The normalized spacial score (nSPS) is 13.7. The van der Waals surface area contributed by atoms with Crippen LogP contribution in [0.1, 0.15) is 31.5 Å². The third-order valence-electron chi connectivity index (χ3n) is 6.50. The Balaban J connectivity index is 1.75. The second-order valence-corrected chi connectivity index (χ2v) is 8.62. The number of para-hydroxylation sites is 1. The number of aromatic nitrogens is 1. The summed E-state index contributed by atoms with van der Waals surface area (Å²) in [5, 5.41) is 0.886. The van der Waals surface area contributed by atoms with Gasteiger partial charge in [0.15, 0.2) is 0 Å². The molecule has 0 fully saturated rings. The molecule has 0 unspecified atom stereocenters. The number of ether oxygens (including phenoxy) is 3. The van der Waals surface area contributed by atoms with Gasteiger partial charge in [0.1, 0.15) is 11.5 Å². The third kappa shape index (κ3) is 3.98. The molecule has 0 bridgehead atoms. The number of rotatable bonds is 7. The quantitative estimate of drug-likeness (QED) is 0.238. The summed E-state index contributed by atoms with van der Waals surface area (Å²) < 4.78 is 16.9. The van der Waals surface area contributed by atoms with Crippen molar-refractivity contribution in [1.29, 1.82) is 0 Å². The zero-order chi connectivity index (χ0) is 25.1. The van der Waals surface area contributed by atoms with Crippen LogP contribution >= 0.6 is 0 Å².